The molecule has 0 aliphatic carbocycles. The molecule has 0 unspecified atom stereocenters. The largest absolute Gasteiger partial charge is 0.506 e. The first-order valence-corrected chi connectivity index (χ1v) is 8.72. The first kappa shape index (κ1) is 16.6. The molecule has 1 aromatic heterocycles. The number of aromatic nitrogens is 3. The van der Waals surface area contributed by atoms with Crippen molar-refractivity contribution in [1.82, 2.24) is 19.7 Å². The molecule has 0 fully saturated rings. The Morgan fingerprint density at radius 1 is 1.19 bits per heavy atom. The van der Waals surface area contributed by atoms with Gasteiger partial charge in [0.2, 0.25) is 0 Å². The number of amides is 1. The molecular weight excluding hydrogens is 352 g/mol. The molecule has 0 bridgehead atoms. The minimum absolute atomic E-state index is 0.100. The maximum atomic E-state index is 12.9. The molecule has 1 amide bonds. The van der Waals surface area contributed by atoms with Crippen LogP contribution in [-0.4, -0.2) is 37.2 Å². The van der Waals surface area contributed by atoms with Crippen LogP contribution in [0.25, 0.3) is 11.4 Å². The third-order valence-corrected chi connectivity index (χ3v) is 4.90. The van der Waals surface area contributed by atoms with Gasteiger partial charge >= 0.3 is 0 Å². The Bertz CT molecular complexity index is 971. The van der Waals surface area contributed by atoms with Gasteiger partial charge in [-0.2, -0.15) is 5.10 Å². The van der Waals surface area contributed by atoms with Gasteiger partial charge in [0.15, 0.2) is 5.82 Å². The Morgan fingerprint density at radius 3 is 2.69 bits per heavy atom. The molecule has 6 nitrogen and oxygen atoms in total. The van der Waals surface area contributed by atoms with Crippen molar-refractivity contribution in [1.29, 1.82) is 0 Å². The van der Waals surface area contributed by atoms with Crippen LogP contribution in [0.4, 0.5) is 0 Å². The molecule has 132 valence electrons. The highest BCUT2D eigenvalue weighted by Gasteiger charge is 2.31. The summed E-state index contributed by atoms with van der Waals surface area (Å²) in [5, 5.41) is 14.6. The molecule has 0 saturated carbocycles. The van der Waals surface area contributed by atoms with E-state index in [1.807, 2.05) is 41.9 Å². The van der Waals surface area contributed by atoms with Gasteiger partial charge < -0.3 is 10.0 Å². The lowest BCUT2D eigenvalue weighted by atomic mass is 10.1. The summed E-state index contributed by atoms with van der Waals surface area (Å²) in [6.07, 6.45) is 0. The maximum Gasteiger partial charge on any atom is 0.254 e. The number of halogens is 1. The molecule has 0 radical (unpaired) electrons. The first-order valence-electron chi connectivity index (χ1n) is 8.34. The monoisotopic (exact) mass is 368 g/mol. The summed E-state index contributed by atoms with van der Waals surface area (Å²) in [5.74, 6) is 1.14. The van der Waals surface area contributed by atoms with Crippen LogP contribution in [0.5, 0.6) is 5.75 Å². The molecule has 3 aromatic rings. The molecule has 1 atom stereocenters. The Balaban J connectivity index is 1.63. The van der Waals surface area contributed by atoms with Crippen LogP contribution in [0, 0.1) is 0 Å². The van der Waals surface area contributed by atoms with E-state index in [1.165, 1.54) is 12.1 Å². The van der Waals surface area contributed by atoms with Gasteiger partial charge in [-0.25, -0.2) is 9.67 Å². The quantitative estimate of drug-likeness (QED) is 0.751. The van der Waals surface area contributed by atoms with Gasteiger partial charge in [0.1, 0.15) is 11.6 Å². The zero-order valence-electron chi connectivity index (χ0n) is 14.1. The molecule has 4 rings (SSSR count). The summed E-state index contributed by atoms with van der Waals surface area (Å²) < 4.78 is 1.86. The van der Waals surface area contributed by atoms with E-state index >= 15 is 0 Å². The topological polar surface area (TPSA) is 71.2 Å². The lowest BCUT2D eigenvalue weighted by Gasteiger charge is -2.33. The molecule has 1 N–H and O–H groups in total. The van der Waals surface area contributed by atoms with E-state index in [0.717, 1.165) is 11.4 Å². The van der Waals surface area contributed by atoms with Crippen LogP contribution < -0.4 is 0 Å². The normalized spacial score (nSPS) is 16.4. The van der Waals surface area contributed by atoms with E-state index in [0.29, 0.717) is 24.5 Å². The van der Waals surface area contributed by atoms with Crippen LogP contribution in [0.2, 0.25) is 5.02 Å². The number of phenolic OH excluding ortho intramolecular Hbond substituents is 1. The van der Waals surface area contributed by atoms with E-state index in [9.17, 15) is 9.90 Å². The highest BCUT2D eigenvalue weighted by Crippen LogP contribution is 2.29. The molecule has 2 aromatic carbocycles. The fraction of sp³-hybridized carbons (Fsp3) is 0.211. The molecule has 0 saturated heterocycles. The summed E-state index contributed by atoms with van der Waals surface area (Å²) in [7, 11) is 0. The Morgan fingerprint density at radius 2 is 1.96 bits per heavy atom. The fourth-order valence-corrected chi connectivity index (χ4v) is 3.28. The zero-order chi connectivity index (χ0) is 18.3. The second-order valence-electron chi connectivity index (χ2n) is 6.22. The number of aromatic hydroxyl groups is 1. The van der Waals surface area contributed by atoms with E-state index in [1.54, 1.807) is 11.0 Å². The van der Waals surface area contributed by atoms with Gasteiger partial charge in [0, 0.05) is 17.7 Å². The first-order chi connectivity index (χ1) is 12.5. The van der Waals surface area contributed by atoms with Crippen LogP contribution in [-0.2, 0) is 6.54 Å². The molecular formula is C19H17ClN4O2. The minimum atomic E-state index is -0.223. The van der Waals surface area contributed by atoms with Gasteiger partial charge in [0.05, 0.1) is 17.6 Å². The molecule has 1 aliphatic heterocycles. The van der Waals surface area contributed by atoms with Crippen molar-refractivity contribution in [3.8, 4) is 17.1 Å². The zero-order valence-corrected chi connectivity index (χ0v) is 14.9. The van der Waals surface area contributed by atoms with Gasteiger partial charge in [-0.15, -0.1) is 0 Å². The number of fused-ring (bicyclic) bond motifs is 1. The second kappa shape index (κ2) is 6.46. The van der Waals surface area contributed by atoms with Gasteiger partial charge in [-0.05, 0) is 25.1 Å². The lowest BCUT2D eigenvalue weighted by molar-refractivity contribution is 0.0630. The number of nitrogens with zero attached hydrogens (tertiary/aromatic N) is 4. The highest BCUT2D eigenvalue weighted by atomic mass is 35.5. The van der Waals surface area contributed by atoms with Crippen LogP contribution in [0.3, 0.4) is 0 Å². The molecule has 0 spiro atoms. The fourth-order valence-electron chi connectivity index (χ4n) is 3.16. The van der Waals surface area contributed by atoms with Crippen molar-refractivity contribution in [2.75, 3.05) is 6.54 Å². The lowest BCUT2D eigenvalue weighted by Crippen LogP contribution is -2.41. The predicted octanol–water partition coefficient (Wildman–Crippen LogP) is 3.52. The van der Waals surface area contributed by atoms with Crippen molar-refractivity contribution >= 4 is 17.5 Å². The Kier molecular flexibility index (Phi) is 4.12. The number of carbonyl (C=O) groups excluding carboxylic acids is 1. The molecule has 1 aliphatic rings. The Hall–Kier alpha value is -2.86. The highest BCUT2D eigenvalue weighted by molar-refractivity contribution is 6.32. The van der Waals surface area contributed by atoms with Crippen molar-refractivity contribution < 1.29 is 9.90 Å². The van der Waals surface area contributed by atoms with E-state index in [4.69, 9.17) is 11.6 Å². The van der Waals surface area contributed by atoms with Gasteiger partial charge in [-0.1, -0.05) is 41.9 Å². The number of hydrogen-bond donors (Lipinski definition) is 1. The van der Waals surface area contributed by atoms with Crippen molar-refractivity contribution in [3.63, 3.8) is 0 Å². The molecule has 2 heterocycles. The molecule has 26 heavy (non-hydrogen) atoms. The van der Waals surface area contributed by atoms with Crippen LogP contribution in [0.1, 0.15) is 29.1 Å². The predicted molar refractivity (Wildman–Crippen MR) is 98.0 cm³/mol. The number of carbonyl (C=O) groups is 1. The van der Waals surface area contributed by atoms with Gasteiger partial charge in [0.25, 0.3) is 5.91 Å². The minimum Gasteiger partial charge on any atom is -0.506 e. The SMILES string of the molecule is C[C@H]1c2nc(-c3ccccc3)nn2CCN1C(=O)c1ccc(Cl)c(O)c1. The second-order valence-corrected chi connectivity index (χ2v) is 6.63. The third kappa shape index (κ3) is 2.82. The van der Waals surface area contributed by atoms with E-state index in [-0.39, 0.29) is 22.7 Å². The third-order valence-electron chi connectivity index (χ3n) is 4.58. The van der Waals surface area contributed by atoms with Crippen LogP contribution >= 0.6 is 11.6 Å². The summed E-state index contributed by atoms with van der Waals surface area (Å²) >= 11 is 5.83. The number of hydrogen-bond acceptors (Lipinski definition) is 4. The summed E-state index contributed by atoms with van der Waals surface area (Å²) in [6.45, 7) is 3.03. The smallest absolute Gasteiger partial charge is 0.254 e. The number of rotatable bonds is 2. The Labute approximate surface area is 155 Å². The standard InChI is InChI=1S/C19H17ClN4O2/c1-12-18-21-17(13-5-3-2-4-6-13)22-24(18)10-9-23(12)19(26)14-7-8-15(20)16(25)11-14/h2-8,11-12,25H,9-10H2,1H3/t12-/m0/s1. The van der Waals surface area contributed by atoms with Crippen molar-refractivity contribution in [3.05, 3.63) is 64.9 Å². The maximum absolute atomic E-state index is 12.9. The van der Waals surface area contributed by atoms with Crippen LogP contribution in [0.15, 0.2) is 48.5 Å². The van der Waals surface area contributed by atoms with E-state index in [2.05, 4.69) is 10.1 Å². The number of phenols is 1. The summed E-state index contributed by atoms with van der Waals surface area (Å²) in [5.41, 5.74) is 1.34. The summed E-state index contributed by atoms with van der Waals surface area (Å²) in [4.78, 5) is 19.3. The molecule has 7 heteroatoms. The average molecular weight is 369 g/mol. The van der Waals surface area contributed by atoms with Crippen molar-refractivity contribution in [2.24, 2.45) is 0 Å². The van der Waals surface area contributed by atoms with E-state index < -0.39 is 0 Å². The average Bonchev–Trinajstić information content (AvgIpc) is 3.10. The number of benzene rings is 2. The van der Waals surface area contributed by atoms with Crippen molar-refractivity contribution in [2.45, 2.75) is 19.5 Å². The summed E-state index contributed by atoms with van der Waals surface area (Å²) in [6, 6.07) is 14.1. The van der Waals surface area contributed by atoms with Gasteiger partial charge in [-0.3, -0.25) is 4.79 Å².